The number of hydrogen-bond acceptors (Lipinski definition) is 5. The van der Waals surface area contributed by atoms with Crippen LogP contribution < -0.4 is 0 Å². The number of thiophene rings is 2. The van der Waals surface area contributed by atoms with E-state index in [9.17, 15) is 17.8 Å². The quantitative estimate of drug-likeness (QED) is 0.139. The Morgan fingerprint density at radius 1 is 0.875 bits per heavy atom. The van der Waals surface area contributed by atoms with Gasteiger partial charge in [0.05, 0.1) is 24.2 Å². The molecule has 3 heterocycles. The minimum atomic E-state index is -3.52. The Bertz CT molecular complexity index is 2300. The average molecular weight is 849 g/mol. The summed E-state index contributed by atoms with van der Waals surface area (Å²) in [5, 5.41) is 6.98. The van der Waals surface area contributed by atoms with Crippen molar-refractivity contribution in [3.05, 3.63) is 145 Å². The van der Waals surface area contributed by atoms with Gasteiger partial charge in [0, 0.05) is 30.9 Å². The summed E-state index contributed by atoms with van der Waals surface area (Å²) in [6.07, 6.45) is 1.14. The molecule has 1 N–H and O–H groups in total. The van der Waals surface area contributed by atoms with Crippen molar-refractivity contribution >= 4 is 108 Å². The van der Waals surface area contributed by atoms with E-state index in [1.807, 2.05) is 17.4 Å². The first kappa shape index (κ1) is 36.0. The maximum atomic E-state index is 12.3. The van der Waals surface area contributed by atoms with Crippen LogP contribution in [-0.2, 0) is 21.0 Å². The lowest BCUT2D eigenvalue weighted by Gasteiger charge is -2.08. The number of nitrogens with zero attached hydrogens (tertiary/aromatic N) is 1. The van der Waals surface area contributed by atoms with Gasteiger partial charge in [0.15, 0.2) is 9.80 Å². The molecule has 0 bridgehead atoms. The van der Waals surface area contributed by atoms with E-state index in [0.29, 0.717) is 4.47 Å². The molecule has 1 aliphatic carbocycles. The Labute approximate surface area is 309 Å². The van der Waals surface area contributed by atoms with Crippen LogP contribution in [0.15, 0.2) is 129 Å². The van der Waals surface area contributed by atoms with Crippen molar-refractivity contribution in [1.82, 2.24) is 4.57 Å². The van der Waals surface area contributed by atoms with Crippen LogP contribution in [0.3, 0.4) is 0 Å². The van der Waals surface area contributed by atoms with Crippen LogP contribution in [-0.4, -0.2) is 30.4 Å². The Morgan fingerprint density at radius 3 is 2.15 bits per heavy atom. The summed E-state index contributed by atoms with van der Waals surface area (Å²) in [5.74, 6) is -0.215. The van der Waals surface area contributed by atoms with Gasteiger partial charge in [-0.15, -0.1) is 22.7 Å². The van der Waals surface area contributed by atoms with Crippen LogP contribution in [0.2, 0.25) is 0 Å². The highest BCUT2D eigenvalue weighted by Crippen LogP contribution is 2.39. The van der Waals surface area contributed by atoms with Gasteiger partial charge in [-0.25, -0.2) is 8.60 Å². The molecule has 4 nitrogen and oxygen atoms in total. The first-order chi connectivity index (χ1) is 23.6. The van der Waals surface area contributed by atoms with Crippen molar-refractivity contribution < 1.29 is 23.7 Å². The number of hydrogen-bond donors (Lipinski definition) is 1. The number of alkyl halides is 1. The number of carbonyl (C=O) groups is 1. The average Bonchev–Trinajstić information content (AvgIpc) is 3.90. The molecule has 48 heavy (non-hydrogen) atoms. The fourth-order valence-corrected chi connectivity index (χ4v) is 7.60. The molecule has 4 aromatic carbocycles. The van der Waals surface area contributed by atoms with Gasteiger partial charge < -0.3 is 4.55 Å². The molecule has 0 spiro atoms. The highest BCUT2D eigenvalue weighted by molar-refractivity contribution is 9.10. The van der Waals surface area contributed by atoms with E-state index in [1.54, 1.807) is 29.5 Å². The fourth-order valence-electron chi connectivity index (χ4n) is 4.84. The molecule has 0 aliphatic heterocycles. The number of rotatable bonds is 2. The lowest BCUT2D eigenvalue weighted by molar-refractivity contribution is 0.542. The normalized spacial score (nSPS) is 12.1. The minimum Gasteiger partial charge on any atom is -0.302 e. The molecule has 7 aromatic rings. The molecule has 0 saturated heterocycles. The van der Waals surface area contributed by atoms with Crippen molar-refractivity contribution in [2.24, 2.45) is 0 Å². The van der Waals surface area contributed by atoms with E-state index in [1.165, 1.54) is 58.8 Å². The number of fused-ring (bicyclic) bond motifs is 6. The standard InChI is InChI=1S/C16H10BrNS.C11H8S.C6H4BrF.C2H2O3S2.CH3F/c17-13-6-2-4-8-15(13)18-14-7-3-1-5-11(14)12-9-10-19-16(12)18;1-2-4-9-8(3-1)7-11-10(9)5-6-12-11;7-5-3-1-2-4-6(5)8;3-1-7(4,5)2-6;1-2/h1-10H;1-6H,7H2;1-4H;1H,(H,4,5);1H3/i;;;;1D. The van der Waals surface area contributed by atoms with Crippen LogP contribution in [0.5, 0.6) is 0 Å². The third kappa shape index (κ3) is 9.02. The summed E-state index contributed by atoms with van der Waals surface area (Å²) in [6.45, 7) is 0. The molecule has 8 rings (SSSR count). The SMILES string of the molecule is Brc1ccccc1-n1c2ccccc2c2ccsc21.Fc1ccccc1Br.O=CS(=O)(O)=C=S.[2H]CF.c1ccc2c(c1)Cc1sccc1-2. The Balaban J connectivity index is 0.000000155. The van der Waals surface area contributed by atoms with Crippen LogP contribution >= 0.6 is 66.8 Å². The number of carbonyl (C=O) groups excluding carboxylic acids is 1. The van der Waals surface area contributed by atoms with E-state index in [2.05, 4.69) is 138 Å². The lowest BCUT2D eigenvalue weighted by Crippen LogP contribution is -1.96. The second-order valence-electron chi connectivity index (χ2n) is 9.70. The molecular formula is C36H27Br2F2NO3S4. The smallest absolute Gasteiger partial charge is 0.231 e. The van der Waals surface area contributed by atoms with Crippen LogP contribution in [0, 0.1) is 5.82 Å². The van der Waals surface area contributed by atoms with Gasteiger partial charge in [0.2, 0.25) is 5.62 Å². The zero-order chi connectivity index (χ0) is 35.4. The number of para-hydroxylation sites is 2. The summed E-state index contributed by atoms with van der Waals surface area (Å²) in [5.41, 5.74) is 6.69. The van der Waals surface area contributed by atoms with Crippen molar-refractivity contribution in [2.45, 2.75) is 6.42 Å². The van der Waals surface area contributed by atoms with Crippen LogP contribution in [0.4, 0.5) is 8.78 Å². The highest BCUT2D eigenvalue weighted by Gasteiger charge is 2.18. The summed E-state index contributed by atoms with van der Waals surface area (Å²) in [6, 6.07) is 36.5. The van der Waals surface area contributed by atoms with E-state index in [4.69, 9.17) is 5.92 Å². The van der Waals surface area contributed by atoms with Crippen LogP contribution in [0.25, 0.3) is 37.9 Å². The van der Waals surface area contributed by atoms with Gasteiger partial charge in [-0.3, -0.25) is 13.8 Å². The maximum Gasteiger partial charge on any atom is 0.231 e. The largest absolute Gasteiger partial charge is 0.302 e. The van der Waals surface area contributed by atoms with E-state index in [0.717, 1.165) is 10.9 Å². The fraction of sp³-hybridized carbons (Fsp3) is 0.0556. The van der Waals surface area contributed by atoms with Gasteiger partial charge >= 0.3 is 0 Å². The molecule has 0 radical (unpaired) electrons. The number of aromatic nitrogens is 1. The predicted octanol–water partition coefficient (Wildman–Crippen LogP) is 11.9. The minimum absolute atomic E-state index is 0.139. The highest BCUT2D eigenvalue weighted by atomic mass is 79.9. The van der Waals surface area contributed by atoms with Crippen molar-refractivity contribution in [2.75, 3.05) is 7.15 Å². The second-order valence-corrected chi connectivity index (χ2v) is 15.3. The number of halogens is 4. The molecule has 0 saturated carbocycles. The van der Waals surface area contributed by atoms with Crippen molar-refractivity contribution in [3.8, 4) is 16.8 Å². The van der Waals surface area contributed by atoms with Crippen LogP contribution in [0.1, 0.15) is 11.8 Å². The molecule has 1 unspecified atom stereocenters. The Morgan fingerprint density at radius 2 is 1.50 bits per heavy atom. The van der Waals surface area contributed by atoms with Crippen molar-refractivity contribution in [1.29, 1.82) is 0 Å². The maximum absolute atomic E-state index is 12.3. The molecule has 246 valence electrons. The summed E-state index contributed by atoms with van der Waals surface area (Å²) >= 11 is 14.2. The first-order valence-corrected chi connectivity index (χ1v) is 19.2. The molecule has 1 aliphatic rings. The monoisotopic (exact) mass is 846 g/mol. The Kier molecular flexibility index (Phi) is 13.4. The summed E-state index contributed by atoms with van der Waals surface area (Å²) in [7, 11) is -4.52. The molecule has 0 fully saturated rings. The zero-order valence-electron chi connectivity index (χ0n) is 25.9. The summed E-state index contributed by atoms with van der Waals surface area (Å²) < 4.78 is 51.2. The second kappa shape index (κ2) is 17.9. The van der Waals surface area contributed by atoms with Gasteiger partial charge in [0.25, 0.3) is 0 Å². The molecule has 0 amide bonds. The number of thiocarbonyl (C=S) groups is 1. The molecule has 3 aromatic heterocycles. The topological polar surface area (TPSA) is 59.3 Å². The van der Waals surface area contributed by atoms with E-state index in [-0.39, 0.29) is 11.4 Å². The van der Waals surface area contributed by atoms with E-state index < -0.39 is 17.0 Å². The predicted molar refractivity (Wildman–Crippen MR) is 210 cm³/mol. The molecular weight excluding hydrogens is 820 g/mol. The summed E-state index contributed by atoms with van der Waals surface area (Å²) in [4.78, 5) is 12.2. The van der Waals surface area contributed by atoms with Gasteiger partial charge in [-0.2, -0.15) is 0 Å². The first-order valence-electron chi connectivity index (χ1n) is 14.6. The number of benzene rings is 4. The van der Waals surface area contributed by atoms with Gasteiger partial charge in [0.1, 0.15) is 10.6 Å². The van der Waals surface area contributed by atoms with Gasteiger partial charge in [-0.05, 0) is 114 Å². The molecule has 1 atom stereocenters. The lowest BCUT2D eigenvalue weighted by atomic mass is 10.1. The van der Waals surface area contributed by atoms with Gasteiger partial charge in [-0.1, -0.05) is 66.7 Å². The van der Waals surface area contributed by atoms with E-state index >= 15 is 0 Å². The Hall–Kier alpha value is -3.32. The molecule has 12 heteroatoms. The van der Waals surface area contributed by atoms with Crippen molar-refractivity contribution in [3.63, 3.8) is 0 Å². The zero-order valence-corrected chi connectivity index (χ0v) is 31.3. The third-order valence-electron chi connectivity index (χ3n) is 6.85. The third-order valence-corrected chi connectivity index (χ3v) is 11.2.